The van der Waals surface area contributed by atoms with Gasteiger partial charge in [-0.15, -0.1) is 0 Å². The Morgan fingerprint density at radius 1 is 1.50 bits per heavy atom. The fraction of sp³-hybridized carbons (Fsp3) is 0.571. The van der Waals surface area contributed by atoms with Crippen LogP contribution >= 0.6 is 0 Å². The normalized spacial score (nSPS) is 27.1. The van der Waals surface area contributed by atoms with Gasteiger partial charge in [-0.25, -0.2) is 0 Å². The lowest BCUT2D eigenvalue weighted by Gasteiger charge is -2.37. The first-order chi connectivity index (χ1) is 8.75. The number of piperidine rings is 1. The predicted octanol–water partition coefficient (Wildman–Crippen LogP) is 1.21. The second kappa shape index (κ2) is 4.69. The van der Waals surface area contributed by atoms with Gasteiger partial charge in [0.05, 0.1) is 0 Å². The van der Waals surface area contributed by atoms with Gasteiger partial charge in [0.25, 0.3) is 5.91 Å². The summed E-state index contributed by atoms with van der Waals surface area (Å²) in [5, 5.41) is 3.41. The molecule has 0 aromatic carbocycles. The van der Waals surface area contributed by atoms with Crippen LogP contribution in [0, 0.1) is 12.8 Å². The SMILES string of the molecule is Cc1cc(C(=O)N2CCCC3CNCC32)ccn1. The number of rotatable bonds is 1. The molecule has 2 saturated heterocycles. The van der Waals surface area contributed by atoms with Crippen LogP contribution in [0.25, 0.3) is 0 Å². The van der Waals surface area contributed by atoms with Crippen LogP contribution in [-0.4, -0.2) is 41.5 Å². The number of hydrogen-bond acceptors (Lipinski definition) is 3. The van der Waals surface area contributed by atoms with Crippen molar-refractivity contribution < 1.29 is 4.79 Å². The molecule has 0 saturated carbocycles. The molecule has 0 aliphatic carbocycles. The van der Waals surface area contributed by atoms with E-state index in [1.807, 2.05) is 19.1 Å². The van der Waals surface area contributed by atoms with Gasteiger partial charge in [0.2, 0.25) is 0 Å². The Hall–Kier alpha value is -1.42. The Bertz CT molecular complexity index is 460. The van der Waals surface area contributed by atoms with E-state index in [0.29, 0.717) is 12.0 Å². The molecule has 1 N–H and O–H groups in total. The first kappa shape index (κ1) is 11.7. The molecule has 1 aromatic heterocycles. The molecule has 2 unspecified atom stereocenters. The van der Waals surface area contributed by atoms with Crippen LogP contribution in [0.15, 0.2) is 18.3 Å². The molecule has 4 heteroatoms. The molecule has 0 spiro atoms. The topological polar surface area (TPSA) is 45.2 Å². The molecule has 96 valence electrons. The van der Waals surface area contributed by atoms with Crippen molar-refractivity contribution >= 4 is 5.91 Å². The van der Waals surface area contributed by atoms with E-state index in [2.05, 4.69) is 15.2 Å². The zero-order valence-corrected chi connectivity index (χ0v) is 10.7. The summed E-state index contributed by atoms with van der Waals surface area (Å²) in [6.07, 6.45) is 4.09. The van der Waals surface area contributed by atoms with Gasteiger partial charge in [-0.05, 0) is 37.8 Å². The standard InChI is InChI=1S/C14H19N3O/c1-10-7-11(4-5-16-10)14(18)17-6-2-3-12-8-15-9-13(12)17/h4-5,7,12-13,15H,2-3,6,8-9H2,1H3. The Morgan fingerprint density at radius 3 is 3.22 bits per heavy atom. The minimum Gasteiger partial charge on any atom is -0.334 e. The number of carbonyl (C=O) groups excluding carboxylic acids is 1. The van der Waals surface area contributed by atoms with Crippen LogP contribution in [0.5, 0.6) is 0 Å². The second-order valence-corrected chi connectivity index (χ2v) is 5.31. The van der Waals surface area contributed by atoms with E-state index in [9.17, 15) is 4.79 Å². The number of amides is 1. The quantitative estimate of drug-likeness (QED) is 0.809. The molecule has 3 rings (SSSR count). The summed E-state index contributed by atoms with van der Waals surface area (Å²) >= 11 is 0. The van der Waals surface area contributed by atoms with E-state index in [-0.39, 0.29) is 5.91 Å². The minimum atomic E-state index is 0.166. The number of likely N-dealkylation sites (tertiary alicyclic amines) is 1. The monoisotopic (exact) mass is 245 g/mol. The maximum atomic E-state index is 12.6. The van der Waals surface area contributed by atoms with Crippen LogP contribution < -0.4 is 5.32 Å². The van der Waals surface area contributed by atoms with E-state index < -0.39 is 0 Å². The molecule has 2 atom stereocenters. The number of hydrogen-bond donors (Lipinski definition) is 1. The molecule has 2 aliphatic heterocycles. The van der Waals surface area contributed by atoms with Gasteiger partial charge >= 0.3 is 0 Å². The van der Waals surface area contributed by atoms with Crippen LogP contribution in [0.4, 0.5) is 0 Å². The van der Waals surface area contributed by atoms with Crippen LogP contribution in [0.1, 0.15) is 28.9 Å². The Balaban J connectivity index is 1.83. The van der Waals surface area contributed by atoms with Gasteiger partial charge in [-0.2, -0.15) is 0 Å². The van der Waals surface area contributed by atoms with Crippen molar-refractivity contribution in [3.63, 3.8) is 0 Å². The number of aryl methyl sites for hydroxylation is 1. The number of aromatic nitrogens is 1. The lowest BCUT2D eigenvalue weighted by Crippen LogP contribution is -2.48. The van der Waals surface area contributed by atoms with Crippen LogP contribution in [-0.2, 0) is 0 Å². The third-order valence-corrected chi connectivity index (χ3v) is 4.08. The van der Waals surface area contributed by atoms with E-state index in [0.717, 1.165) is 37.3 Å². The summed E-state index contributed by atoms with van der Waals surface area (Å²) in [4.78, 5) is 18.8. The average molecular weight is 245 g/mol. The molecule has 1 aromatic rings. The Labute approximate surface area is 107 Å². The molecule has 2 aliphatic rings. The smallest absolute Gasteiger partial charge is 0.254 e. The van der Waals surface area contributed by atoms with Crippen molar-refractivity contribution in [3.05, 3.63) is 29.6 Å². The summed E-state index contributed by atoms with van der Waals surface area (Å²) < 4.78 is 0. The number of nitrogens with zero attached hydrogens (tertiary/aromatic N) is 2. The van der Waals surface area contributed by atoms with Gasteiger partial charge in [-0.1, -0.05) is 0 Å². The largest absolute Gasteiger partial charge is 0.334 e. The van der Waals surface area contributed by atoms with Crippen molar-refractivity contribution in [3.8, 4) is 0 Å². The highest BCUT2D eigenvalue weighted by Crippen LogP contribution is 2.27. The molecule has 3 heterocycles. The summed E-state index contributed by atoms with van der Waals surface area (Å²) in [5.74, 6) is 0.810. The third-order valence-electron chi connectivity index (χ3n) is 4.08. The highest BCUT2D eigenvalue weighted by atomic mass is 16.2. The molecule has 2 fully saturated rings. The van der Waals surface area contributed by atoms with Gasteiger partial charge in [0.1, 0.15) is 0 Å². The summed E-state index contributed by atoms with van der Waals surface area (Å²) in [5.41, 5.74) is 1.68. The lowest BCUT2D eigenvalue weighted by molar-refractivity contribution is 0.0574. The van der Waals surface area contributed by atoms with E-state index in [4.69, 9.17) is 0 Å². The predicted molar refractivity (Wildman–Crippen MR) is 69.4 cm³/mol. The average Bonchev–Trinajstić information content (AvgIpc) is 2.86. The molecular formula is C14H19N3O. The van der Waals surface area contributed by atoms with Crippen molar-refractivity contribution in [1.29, 1.82) is 0 Å². The minimum absolute atomic E-state index is 0.166. The fourth-order valence-electron chi connectivity index (χ4n) is 3.16. The van der Waals surface area contributed by atoms with E-state index in [1.54, 1.807) is 6.20 Å². The van der Waals surface area contributed by atoms with Gasteiger partial charge in [0.15, 0.2) is 0 Å². The Kier molecular flexibility index (Phi) is 3.04. The number of nitrogens with one attached hydrogen (secondary N) is 1. The maximum absolute atomic E-state index is 12.6. The molecule has 0 bridgehead atoms. The number of carbonyl (C=O) groups is 1. The molecule has 0 radical (unpaired) electrons. The lowest BCUT2D eigenvalue weighted by atomic mass is 9.91. The van der Waals surface area contributed by atoms with Gasteiger partial charge in [0, 0.05) is 43.1 Å². The highest BCUT2D eigenvalue weighted by Gasteiger charge is 2.37. The first-order valence-corrected chi connectivity index (χ1v) is 6.70. The van der Waals surface area contributed by atoms with Crippen molar-refractivity contribution in [2.75, 3.05) is 19.6 Å². The zero-order chi connectivity index (χ0) is 12.5. The fourth-order valence-corrected chi connectivity index (χ4v) is 3.16. The molecule has 18 heavy (non-hydrogen) atoms. The molecule has 1 amide bonds. The van der Waals surface area contributed by atoms with Crippen LogP contribution in [0.2, 0.25) is 0 Å². The van der Waals surface area contributed by atoms with E-state index >= 15 is 0 Å². The number of fused-ring (bicyclic) bond motifs is 1. The van der Waals surface area contributed by atoms with Gasteiger partial charge < -0.3 is 10.2 Å². The Morgan fingerprint density at radius 2 is 2.39 bits per heavy atom. The summed E-state index contributed by atoms with van der Waals surface area (Å²) in [6.45, 7) is 4.82. The van der Waals surface area contributed by atoms with Crippen molar-refractivity contribution in [2.24, 2.45) is 5.92 Å². The molecule has 4 nitrogen and oxygen atoms in total. The van der Waals surface area contributed by atoms with Crippen molar-refractivity contribution in [2.45, 2.75) is 25.8 Å². The maximum Gasteiger partial charge on any atom is 0.254 e. The zero-order valence-electron chi connectivity index (χ0n) is 10.7. The first-order valence-electron chi connectivity index (χ1n) is 6.70. The van der Waals surface area contributed by atoms with Gasteiger partial charge in [-0.3, -0.25) is 9.78 Å². The summed E-state index contributed by atoms with van der Waals surface area (Å²) in [7, 11) is 0. The van der Waals surface area contributed by atoms with E-state index in [1.165, 1.54) is 6.42 Å². The third kappa shape index (κ3) is 2.01. The highest BCUT2D eigenvalue weighted by molar-refractivity contribution is 5.94. The van der Waals surface area contributed by atoms with Crippen LogP contribution in [0.3, 0.4) is 0 Å². The summed E-state index contributed by atoms with van der Waals surface area (Å²) in [6, 6.07) is 4.09. The van der Waals surface area contributed by atoms with Crippen molar-refractivity contribution in [1.82, 2.24) is 15.2 Å². The second-order valence-electron chi connectivity index (χ2n) is 5.31. The number of pyridine rings is 1. The molecular weight excluding hydrogens is 226 g/mol.